The second-order valence-corrected chi connectivity index (χ2v) is 5.63. The van der Waals surface area contributed by atoms with Crippen LogP contribution in [0.25, 0.3) is 0 Å². The Morgan fingerprint density at radius 2 is 2.21 bits per heavy atom. The van der Waals surface area contributed by atoms with E-state index in [1.165, 1.54) is 6.42 Å². The van der Waals surface area contributed by atoms with E-state index in [2.05, 4.69) is 6.92 Å². The third kappa shape index (κ3) is 3.63. The number of para-hydroxylation sites is 1. The van der Waals surface area contributed by atoms with Crippen molar-refractivity contribution in [1.82, 2.24) is 4.90 Å². The Balaban J connectivity index is 1.97. The molecule has 4 heteroatoms. The van der Waals surface area contributed by atoms with Gasteiger partial charge in [0.25, 0.3) is 5.91 Å². The predicted octanol–water partition coefficient (Wildman–Crippen LogP) is 3.37. The molecule has 104 valence electrons. The zero-order valence-electron chi connectivity index (χ0n) is 11.4. The van der Waals surface area contributed by atoms with Gasteiger partial charge in [0.05, 0.1) is 5.02 Å². The quantitative estimate of drug-likeness (QED) is 0.850. The Labute approximate surface area is 119 Å². The topological polar surface area (TPSA) is 29.5 Å². The van der Waals surface area contributed by atoms with Crippen LogP contribution in [0.3, 0.4) is 0 Å². The standard InChI is InChI=1S/C15H20ClNO2/c1-11-6-5-9-17(10-11)15(18)12(2)19-14-8-4-3-7-13(14)16/h3-4,7-8,11-12H,5-6,9-10H2,1-2H3/t11-,12+/m1/s1. The molecule has 0 aliphatic carbocycles. The minimum absolute atomic E-state index is 0.0477. The molecular weight excluding hydrogens is 262 g/mol. The Bertz CT molecular complexity index is 450. The van der Waals surface area contributed by atoms with E-state index in [0.29, 0.717) is 16.7 Å². The number of halogens is 1. The number of piperidine rings is 1. The van der Waals surface area contributed by atoms with Crippen LogP contribution in [0.2, 0.25) is 5.02 Å². The van der Waals surface area contributed by atoms with Crippen molar-refractivity contribution < 1.29 is 9.53 Å². The second kappa shape index (κ2) is 6.29. The predicted molar refractivity (Wildman–Crippen MR) is 76.5 cm³/mol. The maximum atomic E-state index is 12.3. The third-order valence-corrected chi connectivity index (χ3v) is 3.77. The van der Waals surface area contributed by atoms with E-state index in [1.54, 1.807) is 19.1 Å². The molecule has 1 aliphatic rings. The Kier molecular flexibility index (Phi) is 4.70. The van der Waals surface area contributed by atoms with Gasteiger partial charge in [-0.2, -0.15) is 0 Å². The number of carbonyl (C=O) groups is 1. The van der Waals surface area contributed by atoms with Crippen LogP contribution in [-0.4, -0.2) is 30.0 Å². The highest BCUT2D eigenvalue weighted by Gasteiger charge is 2.26. The van der Waals surface area contributed by atoms with Crippen molar-refractivity contribution in [2.45, 2.75) is 32.8 Å². The molecule has 1 fully saturated rings. The summed E-state index contributed by atoms with van der Waals surface area (Å²) in [6.45, 7) is 5.62. The first kappa shape index (κ1) is 14.2. The van der Waals surface area contributed by atoms with Gasteiger partial charge in [-0.3, -0.25) is 4.79 Å². The second-order valence-electron chi connectivity index (χ2n) is 5.22. The third-order valence-electron chi connectivity index (χ3n) is 3.46. The Morgan fingerprint density at radius 3 is 2.89 bits per heavy atom. The minimum atomic E-state index is -0.495. The normalized spacial score (nSPS) is 21.0. The number of benzene rings is 1. The molecule has 0 bridgehead atoms. The van der Waals surface area contributed by atoms with Gasteiger partial charge in [-0.15, -0.1) is 0 Å². The van der Waals surface area contributed by atoms with Gasteiger partial charge in [0.15, 0.2) is 6.10 Å². The molecule has 1 aromatic carbocycles. The van der Waals surface area contributed by atoms with Crippen LogP contribution in [-0.2, 0) is 4.79 Å². The van der Waals surface area contributed by atoms with E-state index in [-0.39, 0.29) is 5.91 Å². The van der Waals surface area contributed by atoms with E-state index >= 15 is 0 Å². The summed E-state index contributed by atoms with van der Waals surface area (Å²) < 4.78 is 5.67. The monoisotopic (exact) mass is 281 g/mol. The summed E-state index contributed by atoms with van der Waals surface area (Å²) in [6.07, 6.45) is 1.78. The molecule has 1 heterocycles. The molecule has 0 unspecified atom stereocenters. The molecule has 3 nitrogen and oxygen atoms in total. The average molecular weight is 282 g/mol. The largest absolute Gasteiger partial charge is 0.479 e. The van der Waals surface area contributed by atoms with Gasteiger partial charge in [-0.1, -0.05) is 30.7 Å². The molecule has 0 spiro atoms. The summed E-state index contributed by atoms with van der Waals surface area (Å²) in [5, 5.41) is 0.536. The average Bonchev–Trinajstić information content (AvgIpc) is 2.40. The van der Waals surface area contributed by atoms with Gasteiger partial charge >= 0.3 is 0 Å². The fourth-order valence-electron chi connectivity index (χ4n) is 2.43. The molecule has 1 saturated heterocycles. The van der Waals surface area contributed by atoms with Crippen molar-refractivity contribution >= 4 is 17.5 Å². The van der Waals surface area contributed by atoms with E-state index in [4.69, 9.17) is 16.3 Å². The van der Waals surface area contributed by atoms with Crippen molar-refractivity contribution in [2.24, 2.45) is 5.92 Å². The van der Waals surface area contributed by atoms with Crippen LogP contribution in [0, 0.1) is 5.92 Å². The molecule has 1 aliphatic heterocycles. The number of hydrogen-bond acceptors (Lipinski definition) is 2. The van der Waals surface area contributed by atoms with Crippen molar-refractivity contribution in [3.8, 4) is 5.75 Å². The number of amides is 1. The maximum absolute atomic E-state index is 12.3. The van der Waals surface area contributed by atoms with Crippen LogP contribution in [0.4, 0.5) is 0 Å². The lowest BCUT2D eigenvalue weighted by Gasteiger charge is -2.32. The summed E-state index contributed by atoms with van der Waals surface area (Å²) >= 11 is 6.03. The highest BCUT2D eigenvalue weighted by atomic mass is 35.5. The lowest BCUT2D eigenvalue weighted by Crippen LogP contribution is -2.45. The van der Waals surface area contributed by atoms with Crippen molar-refractivity contribution in [1.29, 1.82) is 0 Å². The first-order valence-electron chi connectivity index (χ1n) is 6.78. The number of ether oxygens (including phenoxy) is 1. The van der Waals surface area contributed by atoms with Gasteiger partial charge in [-0.05, 0) is 37.8 Å². The molecule has 2 atom stereocenters. The molecule has 0 N–H and O–H groups in total. The molecule has 0 radical (unpaired) electrons. The van der Waals surface area contributed by atoms with E-state index in [0.717, 1.165) is 19.5 Å². The number of hydrogen-bond donors (Lipinski definition) is 0. The van der Waals surface area contributed by atoms with Crippen LogP contribution in [0.1, 0.15) is 26.7 Å². The number of rotatable bonds is 3. The van der Waals surface area contributed by atoms with E-state index in [1.807, 2.05) is 17.0 Å². The van der Waals surface area contributed by atoms with Crippen LogP contribution in [0.5, 0.6) is 5.75 Å². The first-order chi connectivity index (χ1) is 9.08. The Morgan fingerprint density at radius 1 is 1.47 bits per heavy atom. The maximum Gasteiger partial charge on any atom is 0.263 e. The number of nitrogens with zero attached hydrogens (tertiary/aromatic N) is 1. The van der Waals surface area contributed by atoms with Crippen molar-refractivity contribution in [3.63, 3.8) is 0 Å². The highest BCUT2D eigenvalue weighted by Crippen LogP contribution is 2.25. The van der Waals surface area contributed by atoms with Gasteiger partial charge in [-0.25, -0.2) is 0 Å². The minimum Gasteiger partial charge on any atom is -0.479 e. The van der Waals surface area contributed by atoms with E-state index in [9.17, 15) is 4.79 Å². The molecule has 19 heavy (non-hydrogen) atoms. The molecule has 0 saturated carbocycles. The van der Waals surface area contributed by atoms with Gasteiger partial charge in [0, 0.05) is 13.1 Å². The SMILES string of the molecule is C[C@@H]1CCCN(C(=O)[C@H](C)Oc2ccccc2Cl)C1. The van der Waals surface area contributed by atoms with Crippen LogP contribution in [0.15, 0.2) is 24.3 Å². The molecule has 2 rings (SSSR count). The summed E-state index contributed by atoms with van der Waals surface area (Å²) in [4.78, 5) is 14.2. The van der Waals surface area contributed by atoms with Gasteiger partial charge in [0.2, 0.25) is 0 Å². The summed E-state index contributed by atoms with van der Waals surface area (Å²) in [5.74, 6) is 1.19. The van der Waals surface area contributed by atoms with Crippen LogP contribution < -0.4 is 4.74 Å². The summed E-state index contributed by atoms with van der Waals surface area (Å²) in [5.41, 5.74) is 0. The molecule has 1 aromatic rings. The fraction of sp³-hybridized carbons (Fsp3) is 0.533. The van der Waals surface area contributed by atoms with E-state index < -0.39 is 6.10 Å². The highest BCUT2D eigenvalue weighted by molar-refractivity contribution is 6.32. The lowest BCUT2D eigenvalue weighted by molar-refractivity contribution is -0.139. The van der Waals surface area contributed by atoms with Crippen LogP contribution >= 0.6 is 11.6 Å². The smallest absolute Gasteiger partial charge is 0.263 e. The summed E-state index contributed by atoms with van der Waals surface area (Å²) in [7, 11) is 0. The number of carbonyl (C=O) groups excluding carboxylic acids is 1. The van der Waals surface area contributed by atoms with Gasteiger partial charge in [0.1, 0.15) is 5.75 Å². The fourth-order valence-corrected chi connectivity index (χ4v) is 2.61. The van der Waals surface area contributed by atoms with Crippen molar-refractivity contribution in [2.75, 3.05) is 13.1 Å². The number of likely N-dealkylation sites (tertiary alicyclic amines) is 1. The van der Waals surface area contributed by atoms with Gasteiger partial charge < -0.3 is 9.64 Å². The lowest BCUT2D eigenvalue weighted by atomic mass is 10.00. The first-order valence-corrected chi connectivity index (χ1v) is 7.15. The summed E-state index contributed by atoms with van der Waals surface area (Å²) in [6, 6.07) is 7.23. The zero-order chi connectivity index (χ0) is 13.8. The Hall–Kier alpha value is -1.22. The molecule has 0 aromatic heterocycles. The van der Waals surface area contributed by atoms with Crippen molar-refractivity contribution in [3.05, 3.63) is 29.3 Å². The molecular formula is C15H20ClNO2. The zero-order valence-corrected chi connectivity index (χ0v) is 12.2. The molecule has 1 amide bonds.